The van der Waals surface area contributed by atoms with Crippen molar-refractivity contribution in [1.82, 2.24) is 4.90 Å². The van der Waals surface area contributed by atoms with E-state index in [1.807, 2.05) is 0 Å². The minimum absolute atomic E-state index is 0.978. The van der Waals surface area contributed by atoms with Gasteiger partial charge in [0.05, 0.1) is 0 Å². The lowest BCUT2D eigenvalue weighted by Crippen LogP contribution is -2.18. The molecular formula is C21H25N. The Morgan fingerprint density at radius 2 is 1.73 bits per heavy atom. The van der Waals surface area contributed by atoms with Crippen LogP contribution in [-0.4, -0.2) is 18.5 Å². The smallest absolute Gasteiger partial charge is 0.0234 e. The molecule has 22 heavy (non-hydrogen) atoms. The first-order chi connectivity index (χ1) is 10.8. The minimum atomic E-state index is 0.978. The van der Waals surface area contributed by atoms with E-state index in [0.717, 1.165) is 13.1 Å². The Labute approximate surface area is 134 Å². The second-order valence-corrected chi connectivity index (χ2v) is 6.32. The fourth-order valence-corrected chi connectivity index (χ4v) is 3.19. The molecule has 114 valence electrons. The molecule has 0 saturated carbocycles. The van der Waals surface area contributed by atoms with E-state index in [2.05, 4.69) is 72.6 Å². The van der Waals surface area contributed by atoms with Gasteiger partial charge in [-0.3, -0.25) is 4.90 Å². The van der Waals surface area contributed by atoms with E-state index in [-0.39, 0.29) is 0 Å². The number of hydrogen-bond donors (Lipinski definition) is 0. The summed E-state index contributed by atoms with van der Waals surface area (Å²) in [5, 5.41) is 0. The molecule has 0 aliphatic heterocycles. The van der Waals surface area contributed by atoms with Crippen LogP contribution in [0.4, 0.5) is 0 Å². The van der Waals surface area contributed by atoms with Crippen LogP contribution in [0.5, 0.6) is 0 Å². The lowest BCUT2D eigenvalue weighted by Gasteiger charge is -2.19. The lowest BCUT2D eigenvalue weighted by molar-refractivity contribution is 0.363. The minimum Gasteiger partial charge on any atom is -0.298 e. The third-order valence-corrected chi connectivity index (χ3v) is 4.39. The van der Waals surface area contributed by atoms with E-state index in [9.17, 15) is 0 Å². The molecule has 0 N–H and O–H groups in total. The first kappa shape index (κ1) is 15.1. The topological polar surface area (TPSA) is 3.24 Å². The lowest BCUT2D eigenvalue weighted by atomic mass is 9.90. The van der Waals surface area contributed by atoms with Crippen LogP contribution in [-0.2, 0) is 19.4 Å². The molecule has 0 amide bonds. The molecule has 3 rings (SSSR count). The number of likely N-dealkylation sites (N-methyl/N-ethyl adjacent to an activating group) is 1. The Morgan fingerprint density at radius 1 is 0.955 bits per heavy atom. The maximum atomic E-state index is 2.42. The van der Waals surface area contributed by atoms with Crippen LogP contribution < -0.4 is 0 Å². The second-order valence-electron chi connectivity index (χ2n) is 6.32. The summed E-state index contributed by atoms with van der Waals surface area (Å²) in [4.78, 5) is 2.37. The SMILES string of the molecule is CN(C/C=C/c1ccccc1)Cc1ccc2c(c1)CCCC2. The maximum Gasteiger partial charge on any atom is 0.0234 e. The molecule has 0 saturated heterocycles. The number of aryl methyl sites for hydroxylation is 2. The van der Waals surface area contributed by atoms with Crippen molar-refractivity contribution in [2.75, 3.05) is 13.6 Å². The van der Waals surface area contributed by atoms with E-state index in [1.54, 1.807) is 11.1 Å². The van der Waals surface area contributed by atoms with Crippen molar-refractivity contribution in [2.45, 2.75) is 32.2 Å². The Bertz CT molecular complexity index is 628. The number of rotatable bonds is 5. The first-order valence-electron chi connectivity index (χ1n) is 8.32. The first-order valence-corrected chi connectivity index (χ1v) is 8.32. The van der Waals surface area contributed by atoms with Gasteiger partial charge in [-0.15, -0.1) is 0 Å². The zero-order valence-electron chi connectivity index (χ0n) is 13.5. The normalized spacial score (nSPS) is 14.5. The van der Waals surface area contributed by atoms with Gasteiger partial charge in [0, 0.05) is 13.1 Å². The molecule has 0 fully saturated rings. The van der Waals surface area contributed by atoms with Gasteiger partial charge in [-0.05, 0) is 55.0 Å². The van der Waals surface area contributed by atoms with Gasteiger partial charge in [0.2, 0.25) is 0 Å². The summed E-state index contributed by atoms with van der Waals surface area (Å²) >= 11 is 0. The molecule has 0 atom stereocenters. The Balaban J connectivity index is 1.55. The third kappa shape index (κ3) is 4.08. The molecule has 0 spiro atoms. The Hall–Kier alpha value is -1.86. The number of fused-ring (bicyclic) bond motifs is 1. The van der Waals surface area contributed by atoms with Crippen molar-refractivity contribution >= 4 is 6.08 Å². The number of benzene rings is 2. The van der Waals surface area contributed by atoms with E-state index in [0.29, 0.717) is 0 Å². The van der Waals surface area contributed by atoms with Gasteiger partial charge >= 0.3 is 0 Å². The standard InChI is InChI=1S/C21H25N/c1-22(15-7-10-18-8-3-2-4-9-18)17-19-13-14-20-11-5-6-12-21(20)16-19/h2-4,7-10,13-14,16H,5-6,11-12,15,17H2,1H3/b10-7+. The van der Waals surface area contributed by atoms with Gasteiger partial charge in [-0.2, -0.15) is 0 Å². The molecule has 0 radical (unpaired) electrons. The Morgan fingerprint density at radius 3 is 2.55 bits per heavy atom. The van der Waals surface area contributed by atoms with Crippen LogP contribution in [0, 0.1) is 0 Å². The van der Waals surface area contributed by atoms with Gasteiger partial charge in [-0.1, -0.05) is 60.7 Å². The van der Waals surface area contributed by atoms with E-state index >= 15 is 0 Å². The number of hydrogen-bond acceptors (Lipinski definition) is 1. The molecule has 0 bridgehead atoms. The summed E-state index contributed by atoms with van der Waals surface area (Å²) in [6.45, 7) is 2.00. The highest BCUT2D eigenvalue weighted by atomic mass is 15.1. The van der Waals surface area contributed by atoms with E-state index in [4.69, 9.17) is 0 Å². The molecule has 1 heteroatoms. The summed E-state index contributed by atoms with van der Waals surface area (Å²) in [7, 11) is 2.19. The van der Waals surface area contributed by atoms with Crippen LogP contribution >= 0.6 is 0 Å². The van der Waals surface area contributed by atoms with Gasteiger partial charge in [0.15, 0.2) is 0 Å². The summed E-state index contributed by atoms with van der Waals surface area (Å²) in [5.41, 5.74) is 5.86. The van der Waals surface area contributed by atoms with Crippen molar-refractivity contribution in [3.63, 3.8) is 0 Å². The Kier molecular flexibility index (Phi) is 5.07. The van der Waals surface area contributed by atoms with Gasteiger partial charge in [0.1, 0.15) is 0 Å². The van der Waals surface area contributed by atoms with Crippen molar-refractivity contribution < 1.29 is 0 Å². The van der Waals surface area contributed by atoms with Crippen LogP contribution in [0.1, 0.15) is 35.1 Å². The predicted octanol–water partition coefficient (Wildman–Crippen LogP) is 4.71. The summed E-state index contributed by atoms with van der Waals surface area (Å²) in [6.07, 6.45) is 9.69. The molecule has 2 aromatic rings. The molecule has 0 aromatic heterocycles. The molecule has 0 unspecified atom stereocenters. The highest BCUT2D eigenvalue weighted by Crippen LogP contribution is 2.22. The third-order valence-electron chi connectivity index (χ3n) is 4.39. The quantitative estimate of drug-likeness (QED) is 0.771. The summed E-state index contributed by atoms with van der Waals surface area (Å²) in [5.74, 6) is 0. The summed E-state index contributed by atoms with van der Waals surface area (Å²) in [6, 6.07) is 17.6. The largest absolute Gasteiger partial charge is 0.298 e. The maximum absolute atomic E-state index is 2.42. The van der Waals surface area contributed by atoms with Crippen molar-refractivity contribution in [3.8, 4) is 0 Å². The second kappa shape index (κ2) is 7.42. The van der Waals surface area contributed by atoms with Crippen molar-refractivity contribution in [1.29, 1.82) is 0 Å². The zero-order chi connectivity index (χ0) is 15.2. The van der Waals surface area contributed by atoms with Crippen molar-refractivity contribution in [2.24, 2.45) is 0 Å². The number of nitrogens with zero attached hydrogens (tertiary/aromatic N) is 1. The molecule has 1 aliphatic rings. The van der Waals surface area contributed by atoms with E-state index in [1.165, 1.54) is 36.8 Å². The summed E-state index contributed by atoms with van der Waals surface area (Å²) < 4.78 is 0. The van der Waals surface area contributed by atoms with Gasteiger partial charge < -0.3 is 0 Å². The zero-order valence-corrected chi connectivity index (χ0v) is 13.5. The van der Waals surface area contributed by atoms with Crippen molar-refractivity contribution in [3.05, 3.63) is 76.9 Å². The molecule has 1 aliphatic carbocycles. The van der Waals surface area contributed by atoms with Crippen LogP contribution in [0.2, 0.25) is 0 Å². The fourth-order valence-electron chi connectivity index (χ4n) is 3.19. The van der Waals surface area contributed by atoms with E-state index < -0.39 is 0 Å². The average molecular weight is 291 g/mol. The molecule has 2 aromatic carbocycles. The van der Waals surface area contributed by atoms with Crippen LogP contribution in [0.25, 0.3) is 6.08 Å². The van der Waals surface area contributed by atoms with Gasteiger partial charge in [0.25, 0.3) is 0 Å². The average Bonchev–Trinajstić information content (AvgIpc) is 2.56. The van der Waals surface area contributed by atoms with Crippen LogP contribution in [0.3, 0.4) is 0 Å². The highest BCUT2D eigenvalue weighted by Gasteiger charge is 2.09. The molecule has 1 nitrogen and oxygen atoms in total. The van der Waals surface area contributed by atoms with Gasteiger partial charge in [-0.25, -0.2) is 0 Å². The monoisotopic (exact) mass is 291 g/mol. The highest BCUT2D eigenvalue weighted by molar-refractivity contribution is 5.48. The molecular weight excluding hydrogens is 266 g/mol. The predicted molar refractivity (Wildman–Crippen MR) is 94.9 cm³/mol. The fraction of sp³-hybridized carbons (Fsp3) is 0.333. The molecule has 0 heterocycles. The van der Waals surface area contributed by atoms with Crippen LogP contribution in [0.15, 0.2) is 54.6 Å².